The molecule has 1 fully saturated rings. The molecule has 0 bridgehead atoms. The van der Waals surface area contributed by atoms with E-state index in [9.17, 15) is 13.2 Å². The molecule has 2 aromatic heterocycles. The number of nitrogens with zero attached hydrogens (tertiary/aromatic N) is 3. The Morgan fingerprint density at radius 3 is 2.56 bits per heavy atom. The second kappa shape index (κ2) is 6.93. The normalized spacial score (nSPS) is 16.8. The molecular weight excluding hydrogens is 414 g/mol. The summed E-state index contributed by atoms with van der Waals surface area (Å²) in [5.74, 6) is 0.256. The zero-order valence-electron chi connectivity index (χ0n) is 13.9. The molecule has 3 heterocycles. The Hall–Kier alpha value is -1.65. The lowest BCUT2D eigenvalue weighted by atomic mass is 10.3. The van der Waals surface area contributed by atoms with Crippen molar-refractivity contribution >= 4 is 31.9 Å². The molecule has 10 heteroatoms. The standard InChI is InChI=1S/C15H18BrN3O5S/c1-10-14(11(2)24-17-10)25(21,22)19-7-3-6-18(8-9-19)15(20)12-4-5-13(16)23-12/h4-5H,3,6-9H2,1-2H3. The number of halogens is 1. The van der Waals surface area contributed by atoms with Crippen LogP contribution in [0, 0.1) is 13.8 Å². The van der Waals surface area contributed by atoms with Gasteiger partial charge < -0.3 is 13.8 Å². The fraction of sp³-hybridized carbons (Fsp3) is 0.467. The molecule has 0 radical (unpaired) electrons. The van der Waals surface area contributed by atoms with Gasteiger partial charge in [-0.3, -0.25) is 4.79 Å². The smallest absolute Gasteiger partial charge is 0.289 e. The highest BCUT2D eigenvalue weighted by atomic mass is 79.9. The van der Waals surface area contributed by atoms with Crippen molar-refractivity contribution in [3.8, 4) is 0 Å². The summed E-state index contributed by atoms with van der Waals surface area (Å²) in [6.45, 7) is 4.48. The van der Waals surface area contributed by atoms with Gasteiger partial charge in [0.25, 0.3) is 5.91 Å². The summed E-state index contributed by atoms with van der Waals surface area (Å²) in [5.41, 5.74) is 0.343. The first-order valence-electron chi connectivity index (χ1n) is 7.78. The second-order valence-corrected chi connectivity index (χ2v) is 8.46. The van der Waals surface area contributed by atoms with E-state index >= 15 is 0 Å². The number of carbonyl (C=O) groups is 1. The van der Waals surface area contributed by atoms with Crippen molar-refractivity contribution in [3.63, 3.8) is 0 Å². The minimum absolute atomic E-state index is 0.113. The molecule has 0 N–H and O–H groups in total. The number of aromatic nitrogens is 1. The Kier molecular flexibility index (Phi) is 5.03. The number of amides is 1. The topological polar surface area (TPSA) is 96.9 Å². The molecule has 0 atom stereocenters. The van der Waals surface area contributed by atoms with Crippen LogP contribution in [0.2, 0.25) is 0 Å². The van der Waals surface area contributed by atoms with E-state index in [1.165, 1.54) is 4.31 Å². The fourth-order valence-electron chi connectivity index (χ4n) is 2.89. The Bertz CT molecular complexity index is 869. The average Bonchev–Trinajstić information content (AvgIpc) is 3.03. The maximum Gasteiger partial charge on any atom is 0.289 e. The van der Waals surface area contributed by atoms with Gasteiger partial charge in [-0.2, -0.15) is 4.31 Å². The van der Waals surface area contributed by atoms with Gasteiger partial charge in [0.05, 0.1) is 0 Å². The van der Waals surface area contributed by atoms with Crippen LogP contribution >= 0.6 is 15.9 Å². The maximum atomic E-state index is 12.9. The fourth-order valence-corrected chi connectivity index (χ4v) is 4.96. The van der Waals surface area contributed by atoms with Gasteiger partial charge in [-0.1, -0.05) is 5.16 Å². The van der Waals surface area contributed by atoms with Gasteiger partial charge in [-0.25, -0.2) is 8.42 Å². The monoisotopic (exact) mass is 431 g/mol. The van der Waals surface area contributed by atoms with Crippen LogP contribution in [0.3, 0.4) is 0 Å². The lowest BCUT2D eigenvalue weighted by Crippen LogP contribution is -2.37. The van der Waals surface area contributed by atoms with Crippen molar-refractivity contribution in [3.05, 3.63) is 34.0 Å². The van der Waals surface area contributed by atoms with Crippen LogP contribution in [-0.4, -0.2) is 54.9 Å². The summed E-state index contributed by atoms with van der Waals surface area (Å²) < 4.78 is 37.9. The second-order valence-electron chi connectivity index (χ2n) is 5.81. The SMILES string of the molecule is Cc1noc(C)c1S(=O)(=O)N1CCCN(C(=O)c2ccc(Br)o2)CC1. The number of sulfonamides is 1. The largest absolute Gasteiger partial charge is 0.444 e. The van der Waals surface area contributed by atoms with Crippen molar-refractivity contribution in [2.24, 2.45) is 0 Å². The van der Waals surface area contributed by atoms with Crippen LogP contribution in [0.1, 0.15) is 28.4 Å². The van der Waals surface area contributed by atoms with Gasteiger partial charge in [-0.15, -0.1) is 0 Å². The summed E-state index contributed by atoms with van der Waals surface area (Å²) >= 11 is 3.17. The van der Waals surface area contributed by atoms with Crippen LogP contribution < -0.4 is 0 Å². The minimum atomic E-state index is -3.70. The third-order valence-electron chi connectivity index (χ3n) is 4.09. The van der Waals surface area contributed by atoms with Gasteiger partial charge in [0.2, 0.25) is 10.0 Å². The van der Waals surface area contributed by atoms with Crippen LogP contribution in [0.25, 0.3) is 0 Å². The predicted molar refractivity (Wildman–Crippen MR) is 91.7 cm³/mol. The molecule has 0 unspecified atom stereocenters. The Labute approximate surface area is 153 Å². The lowest BCUT2D eigenvalue weighted by Gasteiger charge is -2.21. The van der Waals surface area contributed by atoms with Gasteiger partial charge in [0.15, 0.2) is 16.2 Å². The summed E-state index contributed by atoms with van der Waals surface area (Å²) in [7, 11) is -3.70. The highest BCUT2D eigenvalue weighted by Crippen LogP contribution is 2.24. The molecular formula is C15H18BrN3O5S. The molecule has 0 saturated carbocycles. The molecule has 1 aliphatic heterocycles. The maximum absolute atomic E-state index is 12.9. The summed E-state index contributed by atoms with van der Waals surface area (Å²) in [6.07, 6.45) is 0.538. The molecule has 8 nitrogen and oxygen atoms in total. The molecule has 1 aliphatic rings. The summed E-state index contributed by atoms with van der Waals surface area (Å²) in [4.78, 5) is 14.2. The minimum Gasteiger partial charge on any atom is -0.444 e. The quantitative estimate of drug-likeness (QED) is 0.738. The number of rotatable bonds is 3. The van der Waals surface area contributed by atoms with Crippen LogP contribution in [0.15, 0.2) is 30.6 Å². The Morgan fingerprint density at radius 1 is 1.20 bits per heavy atom. The first-order chi connectivity index (χ1) is 11.8. The summed E-state index contributed by atoms with van der Waals surface area (Å²) in [5, 5.41) is 3.72. The first-order valence-corrected chi connectivity index (χ1v) is 10.0. The molecule has 0 spiro atoms. The molecule has 1 saturated heterocycles. The van der Waals surface area contributed by atoms with E-state index in [0.717, 1.165) is 0 Å². The number of carbonyl (C=O) groups excluding carboxylic acids is 1. The van der Waals surface area contributed by atoms with Crippen LogP contribution in [0.4, 0.5) is 0 Å². The summed E-state index contributed by atoms with van der Waals surface area (Å²) in [6, 6.07) is 3.24. The number of aryl methyl sites for hydroxylation is 2. The van der Waals surface area contributed by atoms with Gasteiger partial charge >= 0.3 is 0 Å². The third kappa shape index (κ3) is 3.51. The highest BCUT2D eigenvalue weighted by molar-refractivity contribution is 9.10. The van der Waals surface area contributed by atoms with E-state index in [1.54, 1.807) is 30.9 Å². The van der Waals surface area contributed by atoms with Gasteiger partial charge in [-0.05, 0) is 48.3 Å². The average molecular weight is 432 g/mol. The Balaban J connectivity index is 1.76. The highest BCUT2D eigenvalue weighted by Gasteiger charge is 2.33. The zero-order valence-corrected chi connectivity index (χ0v) is 16.3. The van der Waals surface area contributed by atoms with Crippen molar-refractivity contribution in [2.45, 2.75) is 25.2 Å². The number of hydrogen-bond donors (Lipinski definition) is 0. The van der Waals surface area contributed by atoms with Gasteiger partial charge in [0.1, 0.15) is 10.6 Å². The molecule has 0 aliphatic carbocycles. The van der Waals surface area contributed by atoms with E-state index in [4.69, 9.17) is 8.94 Å². The zero-order chi connectivity index (χ0) is 18.2. The van der Waals surface area contributed by atoms with Crippen molar-refractivity contribution < 1.29 is 22.2 Å². The lowest BCUT2D eigenvalue weighted by molar-refractivity contribution is 0.0731. The van der Waals surface area contributed by atoms with Crippen molar-refractivity contribution in [2.75, 3.05) is 26.2 Å². The molecule has 1 amide bonds. The van der Waals surface area contributed by atoms with Crippen molar-refractivity contribution in [1.29, 1.82) is 0 Å². The number of hydrogen-bond acceptors (Lipinski definition) is 6. The van der Waals surface area contributed by atoms with E-state index in [0.29, 0.717) is 36.4 Å². The van der Waals surface area contributed by atoms with Crippen LogP contribution in [-0.2, 0) is 10.0 Å². The van der Waals surface area contributed by atoms with E-state index < -0.39 is 10.0 Å². The van der Waals surface area contributed by atoms with E-state index in [1.807, 2.05) is 0 Å². The van der Waals surface area contributed by atoms with Gasteiger partial charge in [0, 0.05) is 26.2 Å². The predicted octanol–water partition coefficient (Wildman–Crippen LogP) is 2.18. The molecule has 3 rings (SSSR count). The van der Waals surface area contributed by atoms with E-state index in [2.05, 4.69) is 21.1 Å². The van der Waals surface area contributed by atoms with E-state index in [-0.39, 0.29) is 28.9 Å². The molecule has 136 valence electrons. The van der Waals surface area contributed by atoms with Crippen LogP contribution in [0.5, 0.6) is 0 Å². The third-order valence-corrected chi connectivity index (χ3v) is 6.66. The molecule has 2 aromatic rings. The first kappa shape index (κ1) is 18.2. The molecule has 0 aromatic carbocycles. The number of furan rings is 1. The Morgan fingerprint density at radius 2 is 1.96 bits per heavy atom. The molecule has 25 heavy (non-hydrogen) atoms. The van der Waals surface area contributed by atoms with Crippen molar-refractivity contribution in [1.82, 2.24) is 14.4 Å².